The zero-order chi connectivity index (χ0) is 41.1. The number of unbranched alkanes of at least 4 members (excludes halogenated alkanes) is 15. The maximum absolute atomic E-state index is 13.0. The molecule has 1 aliphatic heterocycles. The smallest absolute Gasteiger partial charge is 0.387 e. The zero-order valence-corrected chi connectivity index (χ0v) is 35.3. The van der Waals surface area contributed by atoms with Gasteiger partial charge in [0.15, 0.2) is 5.82 Å². The number of rotatable bonds is 29. The number of nitrogens with two attached hydrogens (primary N) is 1. The van der Waals surface area contributed by atoms with Gasteiger partial charge in [-0.15, -0.1) is 0 Å². The summed E-state index contributed by atoms with van der Waals surface area (Å²) in [5.74, 6) is 0.221. The number of nitrogens with zero attached hydrogens (tertiary/aromatic N) is 4. The molecule has 3 heterocycles. The first kappa shape index (κ1) is 47.0. The number of halogens is 1. The Morgan fingerprint density at radius 1 is 0.965 bits per heavy atom. The Bertz CT molecular complexity index is 1730. The second-order valence-electron chi connectivity index (χ2n) is 15.2. The number of phosphoric acid groups is 1. The molecule has 6 atom stereocenters. The molecule has 0 bridgehead atoms. The molecule has 318 valence electrons. The lowest BCUT2D eigenvalue weighted by molar-refractivity contribution is -0.0901. The number of benzene rings is 1. The summed E-state index contributed by atoms with van der Waals surface area (Å²) in [4.78, 5) is 14.6. The molecule has 1 saturated heterocycles. The molecule has 0 aliphatic carbocycles. The largest absolute Gasteiger partial charge is 0.472 e. The number of hydrogen-bond acceptors (Lipinski definition) is 12. The SMILES string of the molecule is CCCCCCCCCCCCCCCCCCOC[C@H](COP(=O)(O)OC[C@H]1O[C@@](C)(c2ccc3c(N)ncnn23)[C@H](O)[C@@H]1O)OCc1ccc(Cl)c(C#N)c1. The van der Waals surface area contributed by atoms with Gasteiger partial charge in [0, 0.05) is 6.61 Å². The minimum atomic E-state index is -4.70. The van der Waals surface area contributed by atoms with E-state index in [9.17, 15) is 24.9 Å². The second-order valence-corrected chi connectivity index (χ2v) is 17.0. The summed E-state index contributed by atoms with van der Waals surface area (Å²) in [7, 11) is -4.70. The van der Waals surface area contributed by atoms with Gasteiger partial charge in [-0.3, -0.25) is 9.05 Å². The molecule has 0 amide bonds. The van der Waals surface area contributed by atoms with Crippen LogP contribution in [0.3, 0.4) is 0 Å². The number of ether oxygens (including phenoxy) is 3. The van der Waals surface area contributed by atoms with E-state index in [1.54, 1.807) is 37.3 Å². The Kier molecular flexibility index (Phi) is 20.1. The second kappa shape index (κ2) is 24.4. The van der Waals surface area contributed by atoms with Gasteiger partial charge in [-0.25, -0.2) is 14.1 Å². The molecular formula is C41H63ClN5O9P. The van der Waals surface area contributed by atoms with E-state index in [0.29, 0.717) is 34.0 Å². The molecule has 3 aromatic rings. The van der Waals surface area contributed by atoms with Crippen LogP contribution in [0.5, 0.6) is 0 Å². The van der Waals surface area contributed by atoms with Gasteiger partial charge in [-0.1, -0.05) is 121 Å². The monoisotopic (exact) mass is 835 g/mol. The summed E-state index contributed by atoms with van der Waals surface area (Å²) in [6.07, 6.45) is 16.9. The molecule has 16 heteroatoms. The molecule has 1 aliphatic rings. The first-order valence-electron chi connectivity index (χ1n) is 20.6. The Morgan fingerprint density at radius 2 is 1.60 bits per heavy atom. The van der Waals surface area contributed by atoms with E-state index < -0.39 is 44.4 Å². The van der Waals surface area contributed by atoms with Gasteiger partial charge in [0.2, 0.25) is 0 Å². The van der Waals surface area contributed by atoms with E-state index in [1.165, 1.54) is 94.3 Å². The van der Waals surface area contributed by atoms with Crippen LogP contribution >= 0.6 is 19.4 Å². The summed E-state index contributed by atoms with van der Waals surface area (Å²) in [5.41, 5.74) is 6.36. The van der Waals surface area contributed by atoms with E-state index in [0.717, 1.165) is 19.3 Å². The van der Waals surface area contributed by atoms with Gasteiger partial charge < -0.3 is 35.1 Å². The maximum Gasteiger partial charge on any atom is 0.472 e. The van der Waals surface area contributed by atoms with Crippen molar-refractivity contribution in [2.75, 3.05) is 32.2 Å². The lowest BCUT2D eigenvalue weighted by Gasteiger charge is -2.27. The van der Waals surface area contributed by atoms with Crippen molar-refractivity contribution in [3.63, 3.8) is 0 Å². The molecule has 14 nitrogen and oxygen atoms in total. The zero-order valence-electron chi connectivity index (χ0n) is 33.6. The highest BCUT2D eigenvalue weighted by molar-refractivity contribution is 7.47. The van der Waals surface area contributed by atoms with Crippen LogP contribution in [0.1, 0.15) is 133 Å². The first-order valence-corrected chi connectivity index (χ1v) is 22.5. The minimum absolute atomic E-state index is 0.0719. The molecular weight excluding hydrogens is 773 g/mol. The molecule has 2 aromatic heterocycles. The summed E-state index contributed by atoms with van der Waals surface area (Å²) in [5, 5.41) is 35.7. The van der Waals surface area contributed by atoms with Crippen LogP contribution in [-0.2, 0) is 40.0 Å². The molecule has 0 saturated carbocycles. The molecule has 0 radical (unpaired) electrons. The highest BCUT2D eigenvalue weighted by Gasteiger charge is 2.54. The van der Waals surface area contributed by atoms with Gasteiger partial charge in [0.1, 0.15) is 47.9 Å². The topological polar surface area (TPSA) is 204 Å². The molecule has 1 fully saturated rings. The third kappa shape index (κ3) is 14.8. The Balaban J connectivity index is 1.18. The van der Waals surface area contributed by atoms with E-state index in [4.69, 9.17) is 40.6 Å². The number of aliphatic hydroxyl groups excluding tert-OH is 2. The number of aromatic nitrogens is 3. The molecule has 1 unspecified atom stereocenters. The highest BCUT2D eigenvalue weighted by atomic mass is 35.5. The molecule has 57 heavy (non-hydrogen) atoms. The number of fused-ring (bicyclic) bond motifs is 1. The fourth-order valence-electron chi connectivity index (χ4n) is 7.11. The van der Waals surface area contributed by atoms with Crippen molar-refractivity contribution in [3.05, 3.63) is 58.5 Å². The van der Waals surface area contributed by atoms with Gasteiger partial charge in [-0.05, 0) is 43.2 Å². The molecule has 5 N–H and O–H groups in total. The Morgan fingerprint density at radius 3 is 2.23 bits per heavy atom. The standard InChI is InChI=1S/C41H63ClN5O9P/c1-3-4-5-6-7-8-9-10-11-12-13-14-15-16-17-18-23-52-27-33(53-26-31-19-20-34(42)32(24-31)25-43)28-54-57(50,51)55-29-36-38(48)39(49)41(2,56-36)37-22-21-35-40(44)45-30-46-47(35)37/h19-22,24,30,33,36,38-39,48-49H,3-18,23,26-29H2,1-2H3,(H,50,51)(H2,44,45,46)/t33-,36-,38-,39-,41+/m1/s1. The summed E-state index contributed by atoms with van der Waals surface area (Å²) in [6.45, 7) is 3.57. The van der Waals surface area contributed by atoms with Gasteiger partial charge in [0.05, 0.1) is 42.7 Å². The predicted octanol–water partition coefficient (Wildman–Crippen LogP) is 8.17. The van der Waals surface area contributed by atoms with Crippen LogP contribution < -0.4 is 5.73 Å². The van der Waals surface area contributed by atoms with Crippen LogP contribution in [0.4, 0.5) is 5.82 Å². The van der Waals surface area contributed by atoms with Crippen molar-refractivity contribution in [2.45, 2.75) is 153 Å². The Hall–Kier alpha value is -2.67. The number of anilines is 1. The number of phosphoric ester groups is 1. The fourth-order valence-corrected chi connectivity index (χ4v) is 8.04. The van der Waals surface area contributed by atoms with Crippen molar-refractivity contribution in [2.24, 2.45) is 0 Å². The van der Waals surface area contributed by atoms with Gasteiger partial charge in [-0.2, -0.15) is 10.4 Å². The number of hydrogen-bond donors (Lipinski definition) is 4. The molecule has 0 spiro atoms. The first-order chi connectivity index (χ1) is 27.5. The molecule has 1 aromatic carbocycles. The van der Waals surface area contributed by atoms with Crippen LogP contribution in [0.2, 0.25) is 5.02 Å². The van der Waals surface area contributed by atoms with E-state index in [-0.39, 0.29) is 25.6 Å². The average molecular weight is 836 g/mol. The third-order valence-corrected chi connectivity index (χ3v) is 11.8. The summed E-state index contributed by atoms with van der Waals surface area (Å²) in [6, 6.07) is 10.3. The predicted molar refractivity (Wildman–Crippen MR) is 218 cm³/mol. The van der Waals surface area contributed by atoms with Crippen LogP contribution in [-0.4, -0.2) is 80.5 Å². The number of nitrogen functional groups attached to an aromatic ring is 1. The molecule has 4 rings (SSSR count). The highest BCUT2D eigenvalue weighted by Crippen LogP contribution is 2.46. The van der Waals surface area contributed by atoms with Crippen molar-refractivity contribution >= 4 is 30.8 Å². The van der Waals surface area contributed by atoms with E-state index in [2.05, 4.69) is 17.0 Å². The van der Waals surface area contributed by atoms with Crippen LogP contribution in [0.25, 0.3) is 5.52 Å². The van der Waals surface area contributed by atoms with Crippen molar-refractivity contribution in [1.82, 2.24) is 14.6 Å². The van der Waals surface area contributed by atoms with Crippen LogP contribution in [0.15, 0.2) is 36.7 Å². The average Bonchev–Trinajstić information content (AvgIpc) is 3.74. The van der Waals surface area contributed by atoms with Crippen molar-refractivity contribution in [1.29, 1.82) is 5.26 Å². The van der Waals surface area contributed by atoms with Gasteiger partial charge >= 0.3 is 7.82 Å². The van der Waals surface area contributed by atoms with Crippen molar-refractivity contribution < 1.29 is 42.9 Å². The Labute approximate surface area is 342 Å². The third-order valence-electron chi connectivity index (χ3n) is 10.6. The maximum atomic E-state index is 13.0. The minimum Gasteiger partial charge on any atom is -0.387 e. The fraction of sp³-hybridized carbons (Fsp3) is 0.683. The summed E-state index contributed by atoms with van der Waals surface area (Å²) < 4.78 is 43.0. The lowest BCUT2D eigenvalue weighted by Crippen LogP contribution is -2.39. The number of aliphatic hydroxyl groups is 2. The van der Waals surface area contributed by atoms with Crippen LogP contribution in [0, 0.1) is 11.3 Å². The van der Waals surface area contributed by atoms with E-state index >= 15 is 0 Å². The van der Waals surface area contributed by atoms with Crippen molar-refractivity contribution in [3.8, 4) is 6.07 Å². The number of nitriles is 1. The lowest BCUT2D eigenvalue weighted by atomic mass is 9.93. The summed E-state index contributed by atoms with van der Waals surface area (Å²) >= 11 is 6.09. The van der Waals surface area contributed by atoms with Gasteiger partial charge in [0.25, 0.3) is 0 Å². The normalized spacial score (nSPS) is 21.2. The van der Waals surface area contributed by atoms with E-state index in [1.807, 2.05) is 6.07 Å². The quantitative estimate of drug-likeness (QED) is 0.0385.